The van der Waals surface area contributed by atoms with Crippen LogP contribution in [0.2, 0.25) is 15.1 Å². The van der Waals surface area contributed by atoms with Gasteiger partial charge in [0.05, 0.1) is 15.1 Å². The number of aromatic hydroxyl groups is 4. The van der Waals surface area contributed by atoms with Gasteiger partial charge >= 0.3 is 0 Å². The predicted molar refractivity (Wildman–Crippen MR) is 160 cm³/mol. The molecule has 0 spiro atoms. The van der Waals surface area contributed by atoms with E-state index in [0.29, 0.717) is 15.1 Å². The van der Waals surface area contributed by atoms with Crippen molar-refractivity contribution in [3.8, 4) is 45.3 Å². The van der Waals surface area contributed by atoms with Crippen LogP contribution in [0, 0.1) is 0 Å². The van der Waals surface area contributed by atoms with Crippen LogP contribution in [0.4, 0.5) is 0 Å². The van der Waals surface area contributed by atoms with E-state index in [9.17, 15) is 20.4 Å². The fraction of sp³-hybridized carbons (Fsp3) is 0. The third-order valence-corrected chi connectivity index (χ3v) is 7.31. The number of phenols is 4. The van der Waals surface area contributed by atoms with Gasteiger partial charge in [-0.25, -0.2) is 0 Å². The van der Waals surface area contributed by atoms with Crippen molar-refractivity contribution in [2.75, 3.05) is 0 Å². The van der Waals surface area contributed by atoms with Gasteiger partial charge in [0.25, 0.3) is 0 Å². The third kappa shape index (κ3) is 5.69. The van der Waals surface area contributed by atoms with Gasteiger partial charge in [-0.1, -0.05) is 71.2 Å². The summed E-state index contributed by atoms with van der Waals surface area (Å²) in [5.41, 5.74) is 3.59. The number of phenolic OH excluding ortho intramolecular Hbond substituents is 4. The van der Waals surface area contributed by atoms with E-state index in [1.165, 1.54) is 12.1 Å². The topological polar surface area (TPSA) is 80.9 Å². The summed E-state index contributed by atoms with van der Waals surface area (Å²) in [7, 11) is 0. The Labute approximate surface area is 239 Å². The lowest BCUT2D eigenvalue weighted by atomic mass is 10.0. The number of hydrogen-bond donors (Lipinski definition) is 4. The van der Waals surface area contributed by atoms with E-state index in [0.717, 1.165) is 43.8 Å². The third-order valence-electron chi connectivity index (χ3n) is 6.28. The summed E-state index contributed by atoms with van der Waals surface area (Å²) in [6, 6.07) is 30.0. The number of hydrogen-bond acceptors (Lipinski definition) is 4. The van der Waals surface area contributed by atoms with E-state index in [2.05, 4.69) is 0 Å². The zero-order valence-corrected chi connectivity index (χ0v) is 22.5. The van der Waals surface area contributed by atoms with Crippen molar-refractivity contribution < 1.29 is 20.4 Å². The zero-order chi connectivity index (χ0) is 27.7. The van der Waals surface area contributed by atoms with Crippen LogP contribution in [0.5, 0.6) is 23.0 Å². The highest BCUT2D eigenvalue weighted by Gasteiger charge is 2.09. The standard InChI is InChI=1S/C16H10Cl2O2.C16H11ClO2/c17-14-8-11(19)3-5-12(14)9-1-4-13-10(7-9)2-6-15(20)16(13)18;17-16-9-14(19)5-6-15(16)12-2-1-11-8-13(18)4-3-10(11)7-12/h1-8,19-20H;1-9,18-19H. The van der Waals surface area contributed by atoms with Crippen LogP contribution in [-0.2, 0) is 0 Å². The zero-order valence-electron chi connectivity index (χ0n) is 20.2. The van der Waals surface area contributed by atoms with Crippen LogP contribution < -0.4 is 0 Å². The maximum absolute atomic E-state index is 9.60. The highest BCUT2D eigenvalue weighted by atomic mass is 35.5. The molecule has 0 aliphatic carbocycles. The molecule has 0 saturated heterocycles. The summed E-state index contributed by atoms with van der Waals surface area (Å²) in [6.07, 6.45) is 0. The van der Waals surface area contributed by atoms with Gasteiger partial charge in [-0.3, -0.25) is 0 Å². The van der Waals surface area contributed by atoms with Crippen molar-refractivity contribution in [3.63, 3.8) is 0 Å². The van der Waals surface area contributed by atoms with Gasteiger partial charge in [0.15, 0.2) is 0 Å². The lowest BCUT2D eigenvalue weighted by molar-refractivity contribution is 0.475. The largest absolute Gasteiger partial charge is 0.508 e. The minimum absolute atomic E-state index is 0.0644. The van der Waals surface area contributed by atoms with E-state index in [1.54, 1.807) is 48.5 Å². The first kappa shape index (κ1) is 26.5. The Morgan fingerprint density at radius 1 is 0.410 bits per heavy atom. The smallest absolute Gasteiger partial charge is 0.134 e. The summed E-state index contributed by atoms with van der Waals surface area (Å²) in [6.45, 7) is 0. The molecule has 6 rings (SSSR count). The van der Waals surface area contributed by atoms with Crippen molar-refractivity contribution in [1.82, 2.24) is 0 Å². The minimum atomic E-state index is 0.0644. The Morgan fingerprint density at radius 2 is 0.872 bits per heavy atom. The molecule has 39 heavy (non-hydrogen) atoms. The number of rotatable bonds is 2. The fourth-order valence-corrected chi connectivity index (χ4v) is 5.13. The van der Waals surface area contributed by atoms with Crippen LogP contribution >= 0.6 is 34.8 Å². The molecule has 0 bridgehead atoms. The molecule has 6 aromatic rings. The van der Waals surface area contributed by atoms with Crippen LogP contribution in [0.3, 0.4) is 0 Å². The van der Waals surface area contributed by atoms with E-state index < -0.39 is 0 Å². The van der Waals surface area contributed by atoms with Gasteiger partial charge in [-0.2, -0.15) is 0 Å². The fourth-order valence-electron chi connectivity index (χ4n) is 4.32. The second kappa shape index (κ2) is 11.0. The monoisotopic (exact) mass is 574 g/mol. The molecule has 0 saturated carbocycles. The Kier molecular flexibility index (Phi) is 7.45. The molecule has 7 heteroatoms. The molecule has 4 nitrogen and oxygen atoms in total. The number of benzene rings is 6. The van der Waals surface area contributed by atoms with Crippen molar-refractivity contribution in [2.45, 2.75) is 0 Å². The van der Waals surface area contributed by atoms with Crippen molar-refractivity contribution in [2.24, 2.45) is 0 Å². The van der Waals surface area contributed by atoms with E-state index >= 15 is 0 Å². The average molecular weight is 576 g/mol. The Morgan fingerprint density at radius 3 is 1.49 bits per heavy atom. The normalized spacial score (nSPS) is 10.8. The van der Waals surface area contributed by atoms with Gasteiger partial charge < -0.3 is 20.4 Å². The van der Waals surface area contributed by atoms with Crippen LogP contribution in [0.25, 0.3) is 43.8 Å². The second-order valence-corrected chi connectivity index (χ2v) is 10.1. The summed E-state index contributed by atoms with van der Waals surface area (Å²) >= 11 is 18.4. The minimum Gasteiger partial charge on any atom is -0.508 e. The van der Waals surface area contributed by atoms with Gasteiger partial charge in [0.1, 0.15) is 23.0 Å². The van der Waals surface area contributed by atoms with Gasteiger partial charge in [-0.05, 0) is 94.0 Å². The van der Waals surface area contributed by atoms with Crippen molar-refractivity contribution in [1.29, 1.82) is 0 Å². The van der Waals surface area contributed by atoms with Crippen molar-refractivity contribution in [3.05, 3.63) is 118 Å². The molecule has 0 heterocycles. The Bertz CT molecular complexity index is 1850. The molecule has 0 amide bonds. The lowest BCUT2D eigenvalue weighted by Gasteiger charge is -2.08. The van der Waals surface area contributed by atoms with E-state index in [4.69, 9.17) is 34.8 Å². The molecule has 0 aliphatic rings. The second-order valence-electron chi connectivity index (χ2n) is 8.91. The molecule has 0 atom stereocenters. The Balaban J connectivity index is 0.000000158. The molecule has 0 fully saturated rings. The first-order chi connectivity index (χ1) is 18.7. The molecule has 4 N–H and O–H groups in total. The molecule has 0 radical (unpaired) electrons. The van der Waals surface area contributed by atoms with Crippen molar-refractivity contribution >= 4 is 56.3 Å². The molecular weight excluding hydrogens is 555 g/mol. The van der Waals surface area contributed by atoms with Crippen LogP contribution in [0.15, 0.2) is 103 Å². The predicted octanol–water partition coefficient (Wildman–Crippen LogP) is 9.80. The van der Waals surface area contributed by atoms with Gasteiger partial charge in [0, 0.05) is 16.5 Å². The summed E-state index contributed by atoms with van der Waals surface area (Å²) in [5, 5.41) is 42.8. The van der Waals surface area contributed by atoms with Gasteiger partial charge in [0.2, 0.25) is 0 Å². The molecule has 0 aromatic heterocycles. The van der Waals surface area contributed by atoms with E-state index in [1.807, 2.05) is 42.5 Å². The van der Waals surface area contributed by atoms with Gasteiger partial charge in [-0.15, -0.1) is 0 Å². The molecule has 6 aromatic carbocycles. The highest BCUT2D eigenvalue weighted by molar-refractivity contribution is 6.37. The molecule has 0 unspecified atom stereocenters. The molecular formula is C32H21Cl3O4. The summed E-state index contributed by atoms with van der Waals surface area (Å²) in [5.74, 6) is 0.601. The Hall–Kier alpha value is -4.09. The quantitative estimate of drug-likeness (QED) is 0.166. The number of halogens is 3. The first-order valence-electron chi connectivity index (χ1n) is 11.8. The molecule has 194 valence electrons. The lowest BCUT2D eigenvalue weighted by Crippen LogP contribution is -1.82. The number of fused-ring (bicyclic) bond motifs is 2. The van der Waals surface area contributed by atoms with E-state index in [-0.39, 0.29) is 23.0 Å². The molecule has 0 aliphatic heterocycles. The summed E-state index contributed by atoms with van der Waals surface area (Å²) < 4.78 is 0. The average Bonchev–Trinajstić information content (AvgIpc) is 2.91. The highest BCUT2D eigenvalue weighted by Crippen LogP contribution is 2.37. The maximum Gasteiger partial charge on any atom is 0.134 e. The van der Waals surface area contributed by atoms with Crippen LogP contribution in [0.1, 0.15) is 0 Å². The summed E-state index contributed by atoms with van der Waals surface area (Å²) in [4.78, 5) is 0. The SMILES string of the molecule is Oc1ccc(-c2ccc3c(Cl)c(O)ccc3c2)c(Cl)c1.Oc1ccc(-c2ccc3cc(O)ccc3c2)c(Cl)c1. The van der Waals surface area contributed by atoms with Crippen LogP contribution in [-0.4, -0.2) is 20.4 Å². The first-order valence-corrected chi connectivity index (χ1v) is 12.9. The maximum atomic E-state index is 9.60.